The molecule has 0 radical (unpaired) electrons. The van der Waals surface area contributed by atoms with Crippen molar-refractivity contribution in [3.63, 3.8) is 0 Å². The second-order valence-electron chi connectivity index (χ2n) is 7.31. The average Bonchev–Trinajstić information content (AvgIpc) is 2.55. The van der Waals surface area contributed by atoms with E-state index in [0.29, 0.717) is 5.56 Å². The number of nitrogens with zero attached hydrogens (tertiary/aromatic N) is 1. The van der Waals surface area contributed by atoms with Gasteiger partial charge in [0.2, 0.25) is 11.9 Å². The molecule has 0 bridgehead atoms. The van der Waals surface area contributed by atoms with Crippen LogP contribution in [-0.2, 0) is 0 Å². The summed E-state index contributed by atoms with van der Waals surface area (Å²) in [5.41, 5.74) is 0.620. The Morgan fingerprint density at radius 3 is 2.05 bits per heavy atom. The predicted molar refractivity (Wildman–Crippen MR) is 84.6 cm³/mol. The molecule has 3 heteroatoms. The van der Waals surface area contributed by atoms with Gasteiger partial charge >= 0.3 is 0 Å². The SMILES string of the molecule is CCC1CCC(C2CCC(c3ccc(F)nc3F)CC2)CC1. The van der Waals surface area contributed by atoms with Gasteiger partial charge in [0.25, 0.3) is 0 Å². The van der Waals surface area contributed by atoms with Gasteiger partial charge in [-0.2, -0.15) is 13.8 Å². The molecule has 0 N–H and O–H groups in total. The van der Waals surface area contributed by atoms with E-state index in [1.165, 1.54) is 51.0 Å². The van der Waals surface area contributed by atoms with Crippen LogP contribution in [-0.4, -0.2) is 4.98 Å². The maximum Gasteiger partial charge on any atom is 0.218 e. The summed E-state index contributed by atoms with van der Waals surface area (Å²) < 4.78 is 26.7. The highest BCUT2D eigenvalue weighted by molar-refractivity contribution is 5.17. The average molecular weight is 307 g/mol. The van der Waals surface area contributed by atoms with Gasteiger partial charge in [-0.25, -0.2) is 0 Å². The van der Waals surface area contributed by atoms with Crippen LogP contribution in [0.1, 0.15) is 76.2 Å². The van der Waals surface area contributed by atoms with Crippen molar-refractivity contribution >= 4 is 0 Å². The molecule has 0 amide bonds. The van der Waals surface area contributed by atoms with Crippen LogP contribution in [0.5, 0.6) is 0 Å². The largest absolute Gasteiger partial charge is 0.218 e. The van der Waals surface area contributed by atoms with E-state index in [0.717, 1.165) is 30.6 Å². The molecule has 2 saturated carbocycles. The molecule has 2 aliphatic rings. The van der Waals surface area contributed by atoms with E-state index in [1.54, 1.807) is 6.07 Å². The summed E-state index contributed by atoms with van der Waals surface area (Å²) in [6.45, 7) is 2.31. The van der Waals surface area contributed by atoms with Crippen molar-refractivity contribution in [2.24, 2.45) is 17.8 Å². The molecule has 0 spiro atoms. The van der Waals surface area contributed by atoms with Gasteiger partial charge in [-0.15, -0.1) is 0 Å². The van der Waals surface area contributed by atoms with Gasteiger partial charge < -0.3 is 0 Å². The van der Waals surface area contributed by atoms with Gasteiger partial charge in [0.1, 0.15) is 0 Å². The normalized spacial score (nSPS) is 32.9. The van der Waals surface area contributed by atoms with E-state index in [1.807, 2.05) is 0 Å². The zero-order valence-electron chi connectivity index (χ0n) is 13.5. The fourth-order valence-electron chi connectivity index (χ4n) is 4.70. The molecule has 1 heterocycles. The van der Waals surface area contributed by atoms with E-state index < -0.39 is 11.9 Å². The Hall–Kier alpha value is -0.990. The second-order valence-corrected chi connectivity index (χ2v) is 7.31. The maximum atomic E-state index is 13.8. The number of aromatic nitrogens is 1. The first-order valence-corrected chi connectivity index (χ1v) is 8.99. The van der Waals surface area contributed by atoms with Crippen LogP contribution < -0.4 is 0 Å². The lowest BCUT2D eigenvalue weighted by Crippen LogP contribution is -2.25. The van der Waals surface area contributed by atoms with Crippen molar-refractivity contribution in [2.75, 3.05) is 0 Å². The summed E-state index contributed by atoms with van der Waals surface area (Å²) in [6, 6.07) is 2.88. The Labute approximate surface area is 132 Å². The number of hydrogen-bond donors (Lipinski definition) is 0. The molecular weight excluding hydrogens is 280 g/mol. The fraction of sp³-hybridized carbons (Fsp3) is 0.737. The first-order valence-electron chi connectivity index (χ1n) is 8.99. The van der Waals surface area contributed by atoms with E-state index in [9.17, 15) is 8.78 Å². The molecule has 1 nitrogen and oxygen atoms in total. The van der Waals surface area contributed by atoms with Gasteiger partial charge in [0.15, 0.2) is 0 Å². The zero-order valence-corrected chi connectivity index (χ0v) is 13.5. The van der Waals surface area contributed by atoms with Crippen LogP contribution in [0.2, 0.25) is 0 Å². The van der Waals surface area contributed by atoms with Crippen molar-refractivity contribution in [2.45, 2.75) is 70.6 Å². The van der Waals surface area contributed by atoms with Crippen LogP contribution in [0.15, 0.2) is 12.1 Å². The Bertz CT molecular complexity index is 486. The summed E-state index contributed by atoms with van der Waals surface area (Å²) >= 11 is 0. The van der Waals surface area contributed by atoms with Gasteiger partial charge in [0.05, 0.1) is 0 Å². The lowest BCUT2D eigenvalue weighted by Gasteiger charge is -2.37. The highest BCUT2D eigenvalue weighted by Crippen LogP contribution is 2.44. The second kappa shape index (κ2) is 7.06. The predicted octanol–water partition coefficient (Wildman–Crippen LogP) is 5.85. The minimum atomic E-state index is -0.720. The number of hydrogen-bond acceptors (Lipinski definition) is 1. The third kappa shape index (κ3) is 3.49. The standard InChI is InChI=1S/C19H27F2N/c1-2-13-3-5-14(6-4-13)15-7-9-16(10-8-15)17-11-12-18(20)22-19(17)21/h11-16H,2-10H2,1H3. The summed E-state index contributed by atoms with van der Waals surface area (Å²) in [5.74, 6) is 1.57. The third-order valence-electron chi connectivity index (χ3n) is 6.19. The summed E-state index contributed by atoms with van der Waals surface area (Å²) in [6.07, 6.45) is 11.4. The molecule has 3 rings (SSSR count). The maximum absolute atomic E-state index is 13.8. The lowest BCUT2D eigenvalue weighted by molar-refractivity contribution is 0.158. The summed E-state index contributed by atoms with van der Waals surface area (Å²) in [4.78, 5) is 3.34. The van der Waals surface area contributed by atoms with Crippen LogP contribution in [0, 0.1) is 29.6 Å². The molecule has 0 aromatic carbocycles. The Kier molecular flexibility index (Phi) is 5.10. The third-order valence-corrected chi connectivity index (χ3v) is 6.19. The Morgan fingerprint density at radius 2 is 1.50 bits per heavy atom. The minimum Gasteiger partial charge on any atom is -0.190 e. The molecular formula is C19H27F2N. The molecule has 0 aliphatic heterocycles. The molecule has 0 unspecified atom stereocenters. The molecule has 1 aromatic heterocycles. The summed E-state index contributed by atoms with van der Waals surface area (Å²) in [5, 5.41) is 0. The molecule has 2 fully saturated rings. The first kappa shape index (κ1) is 15.9. The Balaban J connectivity index is 1.54. The lowest BCUT2D eigenvalue weighted by atomic mass is 9.68. The number of halogens is 2. The quantitative estimate of drug-likeness (QED) is 0.638. The monoisotopic (exact) mass is 307 g/mol. The zero-order chi connectivity index (χ0) is 15.5. The highest BCUT2D eigenvalue weighted by Gasteiger charge is 2.31. The van der Waals surface area contributed by atoms with Crippen LogP contribution >= 0.6 is 0 Å². The van der Waals surface area contributed by atoms with Crippen molar-refractivity contribution in [1.82, 2.24) is 4.98 Å². The molecule has 1 aromatic rings. The molecule has 2 aliphatic carbocycles. The van der Waals surface area contributed by atoms with Crippen LogP contribution in [0.3, 0.4) is 0 Å². The topological polar surface area (TPSA) is 12.9 Å². The van der Waals surface area contributed by atoms with Crippen molar-refractivity contribution < 1.29 is 8.78 Å². The molecule has 22 heavy (non-hydrogen) atoms. The first-order chi connectivity index (χ1) is 10.7. The van der Waals surface area contributed by atoms with Gasteiger partial charge in [-0.1, -0.05) is 26.2 Å². The fourth-order valence-corrected chi connectivity index (χ4v) is 4.70. The van der Waals surface area contributed by atoms with E-state index in [4.69, 9.17) is 0 Å². The minimum absolute atomic E-state index is 0.233. The van der Waals surface area contributed by atoms with Crippen molar-refractivity contribution in [1.29, 1.82) is 0 Å². The van der Waals surface area contributed by atoms with E-state index in [2.05, 4.69) is 11.9 Å². The highest BCUT2D eigenvalue weighted by atomic mass is 19.1. The van der Waals surface area contributed by atoms with Crippen molar-refractivity contribution in [3.8, 4) is 0 Å². The Morgan fingerprint density at radius 1 is 0.909 bits per heavy atom. The van der Waals surface area contributed by atoms with Crippen LogP contribution in [0.25, 0.3) is 0 Å². The van der Waals surface area contributed by atoms with Gasteiger partial charge in [-0.3, -0.25) is 0 Å². The number of rotatable bonds is 3. The van der Waals surface area contributed by atoms with E-state index in [-0.39, 0.29) is 5.92 Å². The molecule has 0 atom stereocenters. The molecule has 0 saturated heterocycles. The van der Waals surface area contributed by atoms with Gasteiger partial charge in [-0.05, 0) is 74.3 Å². The van der Waals surface area contributed by atoms with Crippen LogP contribution in [0.4, 0.5) is 8.78 Å². The smallest absolute Gasteiger partial charge is 0.190 e. The number of pyridine rings is 1. The summed E-state index contributed by atoms with van der Waals surface area (Å²) in [7, 11) is 0. The van der Waals surface area contributed by atoms with Crippen molar-refractivity contribution in [3.05, 3.63) is 29.6 Å². The van der Waals surface area contributed by atoms with Gasteiger partial charge in [0, 0.05) is 5.56 Å². The molecule has 122 valence electrons. The van der Waals surface area contributed by atoms with E-state index >= 15 is 0 Å².